The zero-order chi connectivity index (χ0) is 15.2. The number of fused-ring (bicyclic) bond motifs is 1. The van der Waals surface area contributed by atoms with Crippen LogP contribution in [-0.2, 0) is 13.0 Å². The molecule has 0 aliphatic rings. The minimum Gasteiger partial charge on any atom is -0.496 e. The van der Waals surface area contributed by atoms with E-state index in [-0.39, 0.29) is 0 Å². The van der Waals surface area contributed by atoms with Gasteiger partial charge in [-0.1, -0.05) is 20.3 Å². The number of aryl methyl sites for hydroxylation is 1. The van der Waals surface area contributed by atoms with Crippen LogP contribution >= 0.6 is 0 Å². The molecule has 0 atom stereocenters. The maximum Gasteiger partial charge on any atom is 0.142 e. The molecule has 21 heavy (non-hydrogen) atoms. The summed E-state index contributed by atoms with van der Waals surface area (Å²) < 4.78 is 16.9. The van der Waals surface area contributed by atoms with Crippen molar-refractivity contribution >= 4 is 11.0 Å². The molecule has 0 unspecified atom stereocenters. The summed E-state index contributed by atoms with van der Waals surface area (Å²) in [6, 6.07) is 3.85. The quantitative estimate of drug-likeness (QED) is 0.749. The molecule has 2 rings (SSSR count). The topological polar surface area (TPSA) is 43.6 Å². The lowest BCUT2D eigenvalue weighted by Crippen LogP contribution is -2.14. The first-order valence-corrected chi connectivity index (χ1v) is 7.62. The number of hydrogen-bond acceptors (Lipinski definition) is 4. The molecule has 4 heteroatoms. The van der Waals surface area contributed by atoms with E-state index in [2.05, 4.69) is 19.2 Å². The van der Waals surface area contributed by atoms with E-state index in [9.17, 15) is 0 Å². The van der Waals surface area contributed by atoms with Gasteiger partial charge in [0.25, 0.3) is 0 Å². The first-order valence-electron chi connectivity index (χ1n) is 7.62. The summed E-state index contributed by atoms with van der Waals surface area (Å²) in [6.45, 7) is 6.08. The van der Waals surface area contributed by atoms with Crippen molar-refractivity contribution in [2.45, 2.75) is 39.7 Å². The Morgan fingerprint density at radius 2 is 1.90 bits per heavy atom. The van der Waals surface area contributed by atoms with E-state index in [1.807, 2.05) is 12.1 Å². The number of furan rings is 1. The van der Waals surface area contributed by atoms with Gasteiger partial charge in [-0.2, -0.15) is 0 Å². The van der Waals surface area contributed by atoms with Gasteiger partial charge in [-0.15, -0.1) is 0 Å². The Morgan fingerprint density at radius 3 is 2.52 bits per heavy atom. The van der Waals surface area contributed by atoms with E-state index in [1.54, 1.807) is 14.2 Å². The lowest BCUT2D eigenvalue weighted by molar-refractivity contribution is 0.396. The van der Waals surface area contributed by atoms with Gasteiger partial charge < -0.3 is 19.2 Å². The average molecular weight is 291 g/mol. The SMILES string of the molecule is CCCNCc1oc2cc(OC)cc(OC)c2c1CCC. The normalized spacial score (nSPS) is 11.0. The van der Waals surface area contributed by atoms with Crippen molar-refractivity contribution in [3.8, 4) is 11.5 Å². The number of methoxy groups -OCH3 is 2. The maximum atomic E-state index is 6.06. The predicted molar refractivity (Wildman–Crippen MR) is 85.3 cm³/mol. The summed E-state index contributed by atoms with van der Waals surface area (Å²) in [7, 11) is 3.34. The minimum atomic E-state index is 0.753. The highest BCUT2D eigenvalue weighted by Crippen LogP contribution is 2.37. The molecule has 0 amide bonds. The summed E-state index contributed by atoms with van der Waals surface area (Å²) in [5, 5.41) is 4.49. The number of benzene rings is 1. The number of hydrogen-bond donors (Lipinski definition) is 1. The van der Waals surface area contributed by atoms with Crippen molar-refractivity contribution in [3.05, 3.63) is 23.5 Å². The van der Waals surface area contributed by atoms with Crippen LogP contribution in [-0.4, -0.2) is 20.8 Å². The monoisotopic (exact) mass is 291 g/mol. The van der Waals surface area contributed by atoms with Gasteiger partial charge in [0.2, 0.25) is 0 Å². The largest absolute Gasteiger partial charge is 0.496 e. The molecule has 0 aliphatic carbocycles. The molecular formula is C17H25NO3. The summed E-state index contributed by atoms with van der Waals surface area (Å²) in [5.41, 5.74) is 2.08. The fourth-order valence-electron chi connectivity index (χ4n) is 2.59. The highest BCUT2D eigenvalue weighted by molar-refractivity contribution is 5.90. The minimum absolute atomic E-state index is 0.753. The van der Waals surface area contributed by atoms with E-state index in [4.69, 9.17) is 13.9 Å². The predicted octanol–water partition coefficient (Wildman–Crippen LogP) is 3.90. The Bertz CT molecular complexity index is 589. The smallest absolute Gasteiger partial charge is 0.142 e. The molecule has 0 aliphatic heterocycles. The lowest BCUT2D eigenvalue weighted by Gasteiger charge is -2.07. The van der Waals surface area contributed by atoms with Gasteiger partial charge in [0.15, 0.2) is 0 Å². The van der Waals surface area contributed by atoms with Gasteiger partial charge in [0.1, 0.15) is 22.8 Å². The Morgan fingerprint density at radius 1 is 1.10 bits per heavy atom. The van der Waals surface area contributed by atoms with Gasteiger partial charge in [-0.25, -0.2) is 0 Å². The van der Waals surface area contributed by atoms with Crippen LogP contribution in [0.15, 0.2) is 16.5 Å². The number of ether oxygens (including phenoxy) is 2. The molecular weight excluding hydrogens is 266 g/mol. The molecule has 4 nitrogen and oxygen atoms in total. The third-order valence-corrected chi connectivity index (χ3v) is 3.58. The van der Waals surface area contributed by atoms with Crippen molar-refractivity contribution in [1.29, 1.82) is 0 Å². The van der Waals surface area contributed by atoms with Crippen LogP contribution in [0.4, 0.5) is 0 Å². The molecule has 1 N–H and O–H groups in total. The zero-order valence-electron chi connectivity index (χ0n) is 13.4. The Hall–Kier alpha value is -1.68. The molecule has 0 spiro atoms. The molecule has 1 aromatic heterocycles. The third-order valence-electron chi connectivity index (χ3n) is 3.58. The van der Waals surface area contributed by atoms with E-state index in [1.165, 1.54) is 5.56 Å². The van der Waals surface area contributed by atoms with Crippen LogP contribution < -0.4 is 14.8 Å². The Labute approximate surface area is 126 Å². The fraction of sp³-hybridized carbons (Fsp3) is 0.529. The van der Waals surface area contributed by atoms with Crippen LogP contribution in [0.3, 0.4) is 0 Å². The Kier molecular flexibility index (Phi) is 5.51. The second-order valence-electron chi connectivity index (χ2n) is 5.13. The van der Waals surface area contributed by atoms with Gasteiger partial charge in [0.05, 0.1) is 26.2 Å². The molecule has 0 fully saturated rings. The standard InChI is InChI=1S/C17H25NO3/c1-5-7-13-16(11-18-8-6-2)21-15-10-12(19-3)9-14(20-4)17(13)15/h9-10,18H,5-8,11H2,1-4H3. The summed E-state index contributed by atoms with van der Waals surface area (Å²) in [5.74, 6) is 2.58. The van der Waals surface area contributed by atoms with Crippen LogP contribution in [0.2, 0.25) is 0 Å². The van der Waals surface area contributed by atoms with Gasteiger partial charge in [0, 0.05) is 17.7 Å². The average Bonchev–Trinajstić information content (AvgIpc) is 2.85. The second-order valence-corrected chi connectivity index (χ2v) is 5.13. The van der Waals surface area contributed by atoms with E-state index in [0.717, 1.165) is 60.6 Å². The van der Waals surface area contributed by atoms with Crippen molar-refractivity contribution in [3.63, 3.8) is 0 Å². The molecule has 0 bridgehead atoms. The molecule has 0 saturated carbocycles. The van der Waals surface area contributed by atoms with Gasteiger partial charge in [-0.05, 0) is 19.4 Å². The zero-order valence-corrected chi connectivity index (χ0v) is 13.4. The maximum absolute atomic E-state index is 6.06. The molecule has 116 valence electrons. The van der Waals surface area contributed by atoms with Gasteiger partial charge in [-0.3, -0.25) is 0 Å². The molecule has 0 saturated heterocycles. The van der Waals surface area contributed by atoms with Crippen LogP contribution in [0.25, 0.3) is 11.0 Å². The Balaban J connectivity index is 2.50. The van der Waals surface area contributed by atoms with Crippen molar-refractivity contribution in [1.82, 2.24) is 5.32 Å². The molecule has 1 aromatic carbocycles. The first-order chi connectivity index (χ1) is 10.2. The highest BCUT2D eigenvalue weighted by atomic mass is 16.5. The van der Waals surface area contributed by atoms with E-state index in [0.29, 0.717) is 0 Å². The first kappa shape index (κ1) is 15.7. The summed E-state index contributed by atoms with van der Waals surface area (Å²) >= 11 is 0. The van der Waals surface area contributed by atoms with Crippen molar-refractivity contribution < 1.29 is 13.9 Å². The highest BCUT2D eigenvalue weighted by Gasteiger charge is 2.18. The number of rotatable bonds is 8. The lowest BCUT2D eigenvalue weighted by atomic mass is 10.0. The molecule has 0 radical (unpaired) electrons. The van der Waals surface area contributed by atoms with Crippen LogP contribution in [0.5, 0.6) is 11.5 Å². The summed E-state index contributed by atoms with van der Waals surface area (Å²) in [6.07, 6.45) is 3.17. The van der Waals surface area contributed by atoms with Crippen LogP contribution in [0.1, 0.15) is 38.0 Å². The summed E-state index contributed by atoms with van der Waals surface area (Å²) in [4.78, 5) is 0. The van der Waals surface area contributed by atoms with Crippen molar-refractivity contribution in [2.75, 3.05) is 20.8 Å². The number of nitrogens with one attached hydrogen (secondary N) is 1. The van der Waals surface area contributed by atoms with E-state index < -0.39 is 0 Å². The molecule has 2 aromatic rings. The van der Waals surface area contributed by atoms with Crippen LogP contribution in [0, 0.1) is 0 Å². The third kappa shape index (κ3) is 3.32. The fourth-order valence-corrected chi connectivity index (χ4v) is 2.59. The van der Waals surface area contributed by atoms with Crippen molar-refractivity contribution in [2.24, 2.45) is 0 Å². The van der Waals surface area contributed by atoms with E-state index >= 15 is 0 Å². The second kappa shape index (κ2) is 7.36. The van der Waals surface area contributed by atoms with Gasteiger partial charge >= 0.3 is 0 Å². The molecule has 1 heterocycles.